The van der Waals surface area contributed by atoms with Gasteiger partial charge in [-0.15, -0.1) is 0 Å². The maximum absolute atomic E-state index is 5.63. The minimum atomic E-state index is 0.337. The van der Waals surface area contributed by atoms with Gasteiger partial charge in [0.15, 0.2) is 21.6 Å². The molecule has 2 aromatic heterocycles. The summed E-state index contributed by atoms with van der Waals surface area (Å²) in [6.07, 6.45) is 0. The molecule has 0 bridgehead atoms. The number of aromatic nitrogens is 3. The molecule has 0 spiro atoms. The molecule has 13 heavy (non-hydrogen) atoms. The van der Waals surface area contributed by atoms with E-state index in [1.54, 1.807) is 23.7 Å². The van der Waals surface area contributed by atoms with E-state index in [0.29, 0.717) is 21.6 Å². The first-order valence-corrected chi connectivity index (χ1v) is 4.34. The molecule has 6 heteroatoms. The summed E-state index contributed by atoms with van der Waals surface area (Å²) in [5, 5.41) is 6.99. The van der Waals surface area contributed by atoms with Gasteiger partial charge in [-0.25, -0.2) is 0 Å². The Balaban J connectivity index is 2.58. The molecule has 0 fully saturated rings. The van der Waals surface area contributed by atoms with Crippen molar-refractivity contribution in [2.45, 2.75) is 0 Å². The molecular formula is C7H6ClN3OS. The van der Waals surface area contributed by atoms with Gasteiger partial charge >= 0.3 is 0 Å². The van der Waals surface area contributed by atoms with Crippen molar-refractivity contribution in [2.24, 2.45) is 7.05 Å². The fraction of sp³-hybridized carbons (Fsp3) is 0.143. The summed E-state index contributed by atoms with van der Waals surface area (Å²) in [7, 11) is 1.80. The van der Waals surface area contributed by atoms with E-state index in [-0.39, 0.29) is 0 Å². The third-order valence-electron chi connectivity index (χ3n) is 1.67. The molecule has 0 aliphatic carbocycles. The van der Waals surface area contributed by atoms with Crippen LogP contribution in [0.4, 0.5) is 0 Å². The van der Waals surface area contributed by atoms with Crippen molar-refractivity contribution < 1.29 is 4.42 Å². The molecule has 2 aromatic rings. The fourth-order valence-corrected chi connectivity index (χ4v) is 1.28. The summed E-state index contributed by atoms with van der Waals surface area (Å²) in [4.78, 5) is 0. The summed E-state index contributed by atoms with van der Waals surface area (Å²) in [6.45, 7) is 0. The molecule has 2 heterocycles. The van der Waals surface area contributed by atoms with Gasteiger partial charge in [0, 0.05) is 7.05 Å². The molecule has 0 saturated carbocycles. The van der Waals surface area contributed by atoms with Crippen LogP contribution in [0, 0.1) is 4.77 Å². The van der Waals surface area contributed by atoms with Crippen LogP contribution in [0.2, 0.25) is 5.22 Å². The zero-order chi connectivity index (χ0) is 9.42. The number of rotatable bonds is 1. The molecule has 0 aromatic carbocycles. The van der Waals surface area contributed by atoms with Crippen LogP contribution in [0.3, 0.4) is 0 Å². The maximum atomic E-state index is 5.63. The molecule has 4 nitrogen and oxygen atoms in total. The van der Waals surface area contributed by atoms with Crippen LogP contribution < -0.4 is 0 Å². The van der Waals surface area contributed by atoms with E-state index in [9.17, 15) is 0 Å². The largest absolute Gasteiger partial charge is 0.441 e. The zero-order valence-electron chi connectivity index (χ0n) is 6.74. The Morgan fingerprint density at radius 1 is 1.62 bits per heavy atom. The summed E-state index contributed by atoms with van der Waals surface area (Å²) in [5.41, 5.74) is 0. The number of nitrogens with one attached hydrogen (secondary N) is 1. The fourth-order valence-electron chi connectivity index (χ4n) is 1.00. The van der Waals surface area contributed by atoms with Crippen molar-refractivity contribution in [1.29, 1.82) is 0 Å². The first kappa shape index (κ1) is 8.52. The predicted octanol–water partition coefficient (Wildman–Crippen LogP) is 2.39. The molecule has 0 amide bonds. The van der Waals surface area contributed by atoms with Crippen LogP contribution in [0.15, 0.2) is 16.5 Å². The van der Waals surface area contributed by atoms with Crippen LogP contribution in [-0.2, 0) is 7.05 Å². The molecule has 0 atom stereocenters. The highest BCUT2D eigenvalue weighted by atomic mass is 35.5. The van der Waals surface area contributed by atoms with Crippen molar-refractivity contribution in [3.8, 4) is 11.6 Å². The lowest BCUT2D eigenvalue weighted by molar-refractivity contribution is 0.575. The third-order valence-corrected chi connectivity index (χ3v) is 2.24. The smallest absolute Gasteiger partial charge is 0.198 e. The Morgan fingerprint density at radius 3 is 2.85 bits per heavy atom. The zero-order valence-corrected chi connectivity index (χ0v) is 8.32. The number of aromatic amines is 1. The van der Waals surface area contributed by atoms with E-state index in [2.05, 4.69) is 10.2 Å². The molecule has 0 unspecified atom stereocenters. The number of furan rings is 1. The number of hydrogen-bond acceptors (Lipinski definition) is 3. The van der Waals surface area contributed by atoms with Crippen LogP contribution in [-0.4, -0.2) is 14.8 Å². The molecule has 0 radical (unpaired) electrons. The maximum Gasteiger partial charge on any atom is 0.198 e. The third kappa shape index (κ3) is 1.40. The molecule has 0 aliphatic heterocycles. The SMILES string of the molecule is Cn1c(-c2ccc(Cl)o2)n[nH]c1=S. The van der Waals surface area contributed by atoms with Crippen LogP contribution in [0.25, 0.3) is 11.6 Å². The van der Waals surface area contributed by atoms with Gasteiger partial charge in [-0.3, -0.25) is 5.10 Å². The quantitative estimate of drug-likeness (QED) is 0.743. The van der Waals surface area contributed by atoms with Gasteiger partial charge in [0.1, 0.15) is 0 Å². The second kappa shape index (κ2) is 3.01. The average Bonchev–Trinajstić information content (AvgIpc) is 2.62. The van der Waals surface area contributed by atoms with Gasteiger partial charge in [0.25, 0.3) is 0 Å². The van der Waals surface area contributed by atoms with E-state index < -0.39 is 0 Å². The van der Waals surface area contributed by atoms with Crippen molar-refractivity contribution >= 4 is 23.8 Å². The minimum absolute atomic E-state index is 0.337. The van der Waals surface area contributed by atoms with Crippen LogP contribution in [0.5, 0.6) is 0 Å². The number of H-pyrrole nitrogens is 1. The Hall–Kier alpha value is -1.07. The van der Waals surface area contributed by atoms with E-state index in [1.807, 2.05) is 0 Å². The van der Waals surface area contributed by atoms with E-state index in [4.69, 9.17) is 28.2 Å². The molecule has 0 saturated heterocycles. The summed E-state index contributed by atoms with van der Waals surface area (Å²) >= 11 is 10.6. The van der Waals surface area contributed by atoms with Gasteiger partial charge in [-0.2, -0.15) is 5.10 Å². The summed E-state index contributed by atoms with van der Waals surface area (Å²) in [6, 6.07) is 3.40. The predicted molar refractivity (Wildman–Crippen MR) is 51.1 cm³/mol. The normalized spacial score (nSPS) is 10.6. The van der Waals surface area contributed by atoms with Gasteiger partial charge in [0.05, 0.1) is 0 Å². The van der Waals surface area contributed by atoms with Crippen LogP contribution in [0.1, 0.15) is 0 Å². The lowest BCUT2D eigenvalue weighted by atomic mass is 10.4. The lowest BCUT2D eigenvalue weighted by Crippen LogP contribution is -1.90. The Labute approximate surface area is 84.1 Å². The summed E-state index contributed by atoms with van der Waals surface area (Å²) in [5.74, 6) is 1.23. The topological polar surface area (TPSA) is 46.8 Å². The lowest BCUT2D eigenvalue weighted by Gasteiger charge is -1.93. The van der Waals surface area contributed by atoms with E-state index in [0.717, 1.165) is 0 Å². The van der Waals surface area contributed by atoms with Gasteiger partial charge in [-0.05, 0) is 36.0 Å². The molecule has 68 valence electrons. The van der Waals surface area contributed by atoms with Crippen molar-refractivity contribution in [3.63, 3.8) is 0 Å². The van der Waals surface area contributed by atoms with Gasteiger partial charge in [0.2, 0.25) is 0 Å². The number of halogens is 1. The molecule has 1 N–H and O–H groups in total. The van der Waals surface area contributed by atoms with Gasteiger partial charge < -0.3 is 8.98 Å². The Kier molecular flexibility index (Phi) is 1.97. The van der Waals surface area contributed by atoms with Crippen LogP contribution >= 0.6 is 23.8 Å². The van der Waals surface area contributed by atoms with Crippen molar-refractivity contribution in [3.05, 3.63) is 22.1 Å². The monoisotopic (exact) mass is 215 g/mol. The van der Waals surface area contributed by atoms with E-state index >= 15 is 0 Å². The molecular weight excluding hydrogens is 210 g/mol. The number of nitrogens with zero attached hydrogens (tertiary/aromatic N) is 2. The Bertz CT molecular complexity index is 484. The minimum Gasteiger partial charge on any atom is -0.441 e. The standard InChI is InChI=1S/C7H6ClN3OS/c1-11-6(9-10-7(11)13)4-2-3-5(8)12-4/h2-3H,1H3,(H,10,13). The first-order chi connectivity index (χ1) is 6.18. The van der Waals surface area contributed by atoms with Crippen molar-refractivity contribution in [2.75, 3.05) is 0 Å². The molecule has 0 aliphatic rings. The second-order valence-corrected chi connectivity index (χ2v) is 3.27. The van der Waals surface area contributed by atoms with E-state index in [1.165, 1.54) is 0 Å². The number of hydrogen-bond donors (Lipinski definition) is 1. The Morgan fingerprint density at radius 2 is 2.38 bits per heavy atom. The second-order valence-electron chi connectivity index (χ2n) is 2.52. The van der Waals surface area contributed by atoms with Crippen molar-refractivity contribution in [1.82, 2.24) is 14.8 Å². The highest BCUT2D eigenvalue weighted by molar-refractivity contribution is 7.71. The summed E-state index contributed by atoms with van der Waals surface area (Å²) < 4.78 is 7.44. The first-order valence-electron chi connectivity index (χ1n) is 3.55. The van der Waals surface area contributed by atoms with Gasteiger partial charge in [-0.1, -0.05) is 0 Å². The molecule has 2 rings (SSSR count). The highest BCUT2D eigenvalue weighted by Gasteiger charge is 2.09. The average molecular weight is 216 g/mol. The highest BCUT2D eigenvalue weighted by Crippen LogP contribution is 2.22.